The van der Waals surface area contributed by atoms with Crippen LogP contribution in [0.1, 0.15) is 30.5 Å². The van der Waals surface area contributed by atoms with E-state index in [9.17, 15) is 14.7 Å². The van der Waals surface area contributed by atoms with Crippen LogP contribution in [0, 0.1) is 0 Å². The number of fused-ring (bicyclic) bond motifs is 1. The van der Waals surface area contributed by atoms with Crippen molar-refractivity contribution in [2.45, 2.75) is 19.4 Å². The van der Waals surface area contributed by atoms with E-state index in [1.165, 1.54) is 4.90 Å². The maximum absolute atomic E-state index is 13.5. The Balaban J connectivity index is 1.66. The monoisotopic (exact) mass is 501 g/mol. The van der Waals surface area contributed by atoms with Gasteiger partial charge in [0.05, 0.1) is 25.3 Å². The molecule has 0 aliphatic carbocycles. The second-order valence-corrected chi connectivity index (χ2v) is 8.65. The summed E-state index contributed by atoms with van der Waals surface area (Å²) in [5, 5.41) is 11.4. The summed E-state index contributed by atoms with van der Waals surface area (Å²) in [7, 11) is 1.54. The molecule has 1 atom stereocenters. The van der Waals surface area contributed by atoms with Crippen molar-refractivity contribution >= 4 is 23.1 Å². The summed E-state index contributed by atoms with van der Waals surface area (Å²) in [6.07, 6.45) is 0.826. The number of ether oxygens (including phenoxy) is 4. The molecule has 0 saturated carbocycles. The molecule has 0 bridgehead atoms. The summed E-state index contributed by atoms with van der Waals surface area (Å²) in [6.45, 7) is 3.33. The SMILES string of the molecule is CCCOc1cccc(/C(O)=C2\C(=O)C(=O)N(c3ccc4c(c3)OCCO4)C2c2cccc(OC)c2)c1. The number of aliphatic hydroxyl groups is 1. The van der Waals surface area contributed by atoms with Gasteiger partial charge in [-0.05, 0) is 48.4 Å². The smallest absolute Gasteiger partial charge is 0.300 e. The number of ketones is 1. The van der Waals surface area contributed by atoms with Crippen molar-refractivity contribution in [1.82, 2.24) is 0 Å². The van der Waals surface area contributed by atoms with Crippen molar-refractivity contribution in [3.8, 4) is 23.0 Å². The van der Waals surface area contributed by atoms with Crippen LogP contribution in [-0.2, 0) is 9.59 Å². The fourth-order valence-electron chi connectivity index (χ4n) is 4.52. The predicted octanol–water partition coefficient (Wildman–Crippen LogP) is 4.88. The molecule has 0 radical (unpaired) electrons. The Bertz CT molecular complexity index is 1380. The summed E-state index contributed by atoms with van der Waals surface area (Å²) in [5.41, 5.74) is 1.40. The molecule has 37 heavy (non-hydrogen) atoms. The van der Waals surface area contributed by atoms with Gasteiger partial charge in [0.25, 0.3) is 11.7 Å². The highest BCUT2D eigenvalue weighted by Crippen LogP contribution is 2.45. The maximum Gasteiger partial charge on any atom is 0.300 e. The molecule has 1 fully saturated rings. The number of hydrogen-bond acceptors (Lipinski definition) is 7. The number of anilines is 1. The first-order valence-electron chi connectivity index (χ1n) is 12.1. The molecule has 2 heterocycles. The van der Waals surface area contributed by atoms with Gasteiger partial charge in [-0.15, -0.1) is 0 Å². The Morgan fingerprint density at radius 1 is 0.973 bits per heavy atom. The largest absolute Gasteiger partial charge is 0.507 e. The van der Waals surface area contributed by atoms with E-state index in [1.807, 2.05) is 6.92 Å². The molecular weight excluding hydrogens is 474 g/mol. The Morgan fingerprint density at radius 3 is 2.51 bits per heavy atom. The minimum Gasteiger partial charge on any atom is -0.507 e. The van der Waals surface area contributed by atoms with Crippen LogP contribution in [-0.4, -0.2) is 43.7 Å². The molecule has 8 nitrogen and oxygen atoms in total. The molecule has 3 aromatic rings. The number of carbonyl (C=O) groups is 2. The first-order valence-corrected chi connectivity index (χ1v) is 12.1. The number of benzene rings is 3. The third-order valence-electron chi connectivity index (χ3n) is 6.24. The topological polar surface area (TPSA) is 94.5 Å². The second-order valence-electron chi connectivity index (χ2n) is 8.65. The van der Waals surface area contributed by atoms with E-state index in [0.717, 1.165) is 6.42 Å². The van der Waals surface area contributed by atoms with Gasteiger partial charge >= 0.3 is 0 Å². The molecule has 0 spiro atoms. The Kier molecular flexibility index (Phi) is 6.72. The van der Waals surface area contributed by atoms with E-state index in [0.29, 0.717) is 59.6 Å². The van der Waals surface area contributed by atoms with Crippen molar-refractivity contribution in [3.63, 3.8) is 0 Å². The first-order chi connectivity index (χ1) is 18.0. The highest BCUT2D eigenvalue weighted by atomic mass is 16.6. The summed E-state index contributed by atoms with van der Waals surface area (Å²) < 4.78 is 22.4. The van der Waals surface area contributed by atoms with Crippen LogP contribution < -0.4 is 23.8 Å². The van der Waals surface area contributed by atoms with Crippen molar-refractivity contribution < 1.29 is 33.6 Å². The van der Waals surface area contributed by atoms with Crippen LogP contribution in [0.15, 0.2) is 72.3 Å². The zero-order valence-corrected chi connectivity index (χ0v) is 20.6. The molecule has 1 amide bonds. The number of rotatable bonds is 7. The van der Waals surface area contributed by atoms with Crippen molar-refractivity contribution in [3.05, 3.63) is 83.4 Å². The molecular formula is C29H27NO7. The summed E-state index contributed by atoms with van der Waals surface area (Å²) in [6, 6.07) is 18.1. The molecule has 2 aliphatic heterocycles. The minimum absolute atomic E-state index is 0.0271. The molecule has 1 unspecified atom stereocenters. The van der Waals surface area contributed by atoms with E-state index in [-0.39, 0.29) is 11.3 Å². The molecule has 0 aromatic heterocycles. The molecule has 8 heteroatoms. The average molecular weight is 502 g/mol. The molecule has 1 N–H and O–H groups in total. The van der Waals surface area contributed by atoms with E-state index in [1.54, 1.807) is 73.8 Å². The van der Waals surface area contributed by atoms with Crippen LogP contribution in [0.5, 0.6) is 23.0 Å². The normalized spacial score (nSPS) is 18.1. The van der Waals surface area contributed by atoms with Gasteiger partial charge in [-0.3, -0.25) is 14.5 Å². The van der Waals surface area contributed by atoms with E-state index in [2.05, 4.69) is 0 Å². The van der Waals surface area contributed by atoms with Crippen molar-refractivity contribution in [1.29, 1.82) is 0 Å². The van der Waals surface area contributed by atoms with Gasteiger partial charge in [0.1, 0.15) is 30.5 Å². The predicted molar refractivity (Wildman–Crippen MR) is 137 cm³/mol. The lowest BCUT2D eigenvalue weighted by molar-refractivity contribution is -0.132. The standard InChI is InChI=1S/C29H27NO7/c1-3-12-35-22-9-5-7-19(16-22)27(31)25-26(18-6-4-8-21(15-18)34-2)30(29(33)28(25)32)20-10-11-23-24(17-20)37-14-13-36-23/h4-11,15-17,26,31H,3,12-14H2,1-2H3/b27-25+. The third kappa shape index (κ3) is 4.58. The molecule has 1 saturated heterocycles. The van der Waals surface area contributed by atoms with E-state index in [4.69, 9.17) is 18.9 Å². The second kappa shape index (κ2) is 10.3. The van der Waals surface area contributed by atoms with Gasteiger partial charge in [0.2, 0.25) is 0 Å². The zero-order chi connectivity index (χ0) is 25.9. The molecule has 5 rings (SSSR count). The van der Waals surface area contributed by atoms with Crippen LogP contribution in [0.4, 0.5) is 5.69 Å². The van der Waals surface area contributed by atoms with Crippen LogP contribution in [0.3, 0.4) is 0 Å². The quantitative estimate of drug-likeness (QED) is 0.280. The number of methoxy groups -OCH3 is 1. The minimum atomic E-state index is -0.905. The Morgan fingerprint density at radius 2 is 1.73 bits per heavy atom. The third-order valence-corrected chi connectivity index (χ3v) is 6.24. The molecule has 190 valence electrons. The van der Waals surface area contributed by atoms with Crippen LogP contribution in [0.25, 0.3) is 5.76 Å². The van der Waals surface area contributed by atoms with Gasteiger partial charge in [-0.25, -0.2) is 0 Å². The first kappa shape index (κ1) is 24.2. The zero-order valence-electron chi connectivity index (χ0n) is 20.6. The number of nitrogens with zero attached hydrogens (tertiary/aromatic N) is 1. The fourth-order valence-corrected chi connectivity index (χ4v) is 4.52. The number of Topliss-reactive ketones (excluding diaryl/α,β-unsaturated/α-hetero) is 1. The van der Waals surface area contributed by atoms with Gasteiger partial charge in [-0.1, -0.05) is 31.2 Å². The summed E-state index contributed by atoms with van der Waals surface area (Å²) >= 11 is 0. The lowest BCUT2D eigenvalue weighted by Gasteiger charge is -2.27. The van der Waals surface area contributed by atoms with E-state index < -0.39 is 17.7 Å². The van der Waals surface area contributed by atoms with Crippen molar-refractivity contribution in [2.24, 2.45) is 0 Å². The van der Waals surface area contributed by atoms with Gasteiger partial charge < -0.3 is 24.1 Å². The lowest BCUT2D eigenvalue weighted by Crippen LogP contribution is -2.29. The number of carbonyl (C=O) groups excluding carboxylic acids is 2. The molecule has 2 aliphatic rings. The van der Waals surface area contributed by atoms with Crippen molar-refractivity contribution in [2.75, 3.05) is 31.8 Å². The number of hydrogen-bond donors (Lipinski definition) is 1. The molecule has 3 aromatic carbocycles. The Hall–Kier alpha value is -4.46. The summed E-state index contributed by atoms with van der Waals surface area (Å²) in [4.78, 5) is 28.3. The number of amides is 1. The summed E-state index contributed by atoms with van der Waals surface area (Å²) in [5.74, 6) is 0.326. The van der Waals surface area contributed by atoms with E-state index >= 15 is 0 Å². The highest BCUT2D eigenvalue weighted by molar-refractivity contribution is 6.51. The Labute approximate surface area is 214 Å². The maximum atomic E-state index is 13.5. The van der Waals surface area contributed by atoms with Gasteiger partial charge in [0, 0.05) is 17.3 Å². The van der Waals surface area contributed by atoms with Crippen LogP contribution in [0.2, 0.25) is 0 Å². The van der Waals surface area contributed by atoms with Crippen LogP contribution >= 0.6 is 0 Å². The highest BCUT2D eigenvalue weighted by Gasteiger charge is 2.47. The van der Waals surface area contributed by atoms with Gasteiger partial charge in [0.15, 0.2) is 11.5 Å². The lowest BCUT2D eigenvalue weighted by atomic mass is 9.95. The fraction of sp³-hybridized carbons (Fsp3) is 0.241. The number of aliphatic hydroxyl groups excluding tert-OH is 1. The average Bonchev–Trinajstić information content (AvgIpc) is 3.21. The van der Waals surface area contributed by atoms with Gasteiger partial charge in [-0.2, -0.15) is 0 Å².